The van der Waals surface area contributed by atoms with Gasteiger partial charge in [0, 0.05) is 2.74 Å². The summed E-state index contributed by atoms with van der Waals surface area (Å²) >= 11 is 0. The third kappa shape index (κ3) is 1.80. The summed E-state index contributed by atoms with van der Waals surface area (Å²) in [5.41, 5.74) is 0.121. The van der Waals surface area contributed by atoms with Crippen LogP contribution < -0.4 is 0 Å². The molecule has 3 nitrogen and oxygen atoms in total. The molecule has 0 spiro atoms. The number of aliphatic hydroxyl groups is 2. The molecule has 0 saturated heterocycles. The predicted octanol–water partition coefficient (Wildman–Crippen LogP) is 2.58. The number of hydrogen-bond acceptors (Lipinski definition) is 3. The second-order valence-electron chi connectivity index (χ2n) is 6.78. The Morgan fingerprint density at radius 1 is 1.43 bits per heavy atom. The number of phenols is 1. The van der Waals surface area contributed by atoms with Gasteiger partial charge in [0.25, 0.3) is 0 Å². The zero-order valence-electron chi connectivity index (χ0n) is 18.0. The summed E-state index contributed by atoms with van der Waals surface area (Å²) in [5, 5.41) is 31.2. The molecule has 114 valence electrons. The van der Waals surface area contributed by atoms with E-state index < -0.39 is 29.9 Å². The van der Waals surface area contributed by atoms with Crippen molar-refractivity contribution in [1.82, 2.24) is 0 Å². The molecule has 2 fully saturated rings. The standard InChI is InChI=1S/C18H24O3/c1-18-7-6-13-12-5-3-11(19)8-10(12)2-4-14(13)15(18)9-16(20)17(18)21/h3,5,8,13-17,19-21H,2,4,6-7,9H2,1H3/t13-,14-,15+,16+,17+,18+/m0/s1/i3D,8D,9D2,16D,17D. The van der Waals surface area contributed by atoms with Crippen molar-refractivity contribution in [2.75, 3.05) is 0 Å². The second kappa shape index (κ2) is 4.47. The van der Waals surface area contributed by atoms with Crippen LogP contribution in [0.1, 0.15) is 57.8 Å². The van der Waals surface area contributed by atoms with E-state index in [-0.39, 0.29) is 36.1 Å². The summed E-state index contributed by atoms with van der Waals surface area (Å²) in [6.45, 7) is 1.59. The molecule has 0 aliphatic heterocycles. The van der Waals surface area contributed by atoms with E-state index in [0.717, 1.165) is 5.56 Å². The van der Waals surface area contributed by atoms with Crippen molar-refractivity contribution in [2.45, 2.75) is 57.1 Å². The Morgan fingerprint density at radius 2 is 2.24 bits per heavy atom. The molecule has 3 heteroatoms. The van der Waals surface area contributed by atoms with Crippen molar-refractivity contribution in [3.63, 3.8) is 0 Å². The van der Waals surface area contributed by atoms with E-state index in [9.17, 15) is 15.3 Å². The van der Waals surface area contributed by atoms with Gasteiger partial charge in [-0.2, -0.15) is 0 Å². The maximum Gasteiger partial charge on any atom is 0.115 e. The smallest absolute Gasteiger partial charge is 0.115 e. The highest BCUT2D eigenvalue weighted by molar-refractivity contribution is 5.40. The molecule has 0 heterocycles. The average molecular weight is 294 g/mol. The maximum absolute atomic E-state index is 10.7. The van der Waals surface area contributed by atoms with Crippen LogP contribution in [-0.4, -0.2) is 27.5 Å². The Hall–Kier alpha value is -1.06. The summed E-state index contributed by atoms with van der Waals surface area (Å²) in [7, 11) is 0. The molecular weight excluding hydrogens is 264 g/mol. The number of phenolic OH excluding ortho intramolecular Hbond substituents is 1. The number of rotatable bonds is 0. The third-order valence-corrected chi connectivity index (χ3v) is 5.77. The maximum atomic E-state index is 10.7. The van der Waals surface area contributed by atoms with Crippen molar-refractivity contribution >= 4 is 0 Å². The fourth-order valence-corrected chi connectivity index (χ4v) is 4.63. The Labute approximate surface area is 134 Å². The van der Waals surface area contributed by atoms with Crippen LogP contribution in [0.5, 0.6) is 5.75 Å². The molecule has 0 radical (unpaired) electrons. The average Bonchev–Trinajstić information content (AvgIpc) is 2.66. The van der Waals surface area contributed by atoms with E-state index in [1.807, 2.05) is 0 Å². The largest absolute Gasteiger partial charge is 0.508 e. The molecule has 3 aliphatic carbocycles. The van der Waals surface area contributed by atoms with Gasteiger partial charge in [-0.1, -0.05) is 13.0 Å². The summed E-state index contributed by atoms with van der Waals surface area (Å²) in [6, 6.07) is 1.33. The first-order valence-corrected chi connectivity index (χ1v) is 7.55. The summed E-state index contributed by atoms with van der Waals surface area (Å²) in [5.74, 6) is -1.78. The van der Waals surface area contributed by atoms with Crippen LogP contribution in [0, 0.1) is 17.3 Å². The molecule has 0 amide bonds. The fourth-order valence-electron chi connectivity index (χ4n) is 4.63. The van der Waals surface area contributed by atoms with E-state index in [1.54, 1.807) is 6.92 Å². The first-order chi connectivity index (χ1) is 12.3. The van der Waals surface area contributed by atoms with Crippen molar-refractivity contribution in [1.29, 1.82) is 0 Å². The Morgan fingerprint density at radius 3 is 3.05 bits per heavy atom. The van der Waals surface area contributed by atoms with Gasteiger partial charge in [-0.25, -0.2) is 0 Å². The SMILES string of the molecule is [2H]c1cc2c(c([2H])c1O)CC[C@H]1[C@H]2CC[C@]2(C)[C@@H]1C([2H])([2H])[C@@]([2H])(O)[C@@]2([2H])O. The molecule has 2 saturated carbocycles. The van der Waals surface area contributed by atoms with Gasteiger partial charge in [0.05, 0.1) is 17.6 Å². The van der Waals surface area contributed by atoms with Crippen LogP contribution in [-0.2, 0) is 6.42 Å². The summed E-state index contributed by atoms with van der Waals surface area (Å²) in [4.78, 5) is 0. The Bertz CT molecular complexity index is 824. The molecule has 21 heavy (non-hydrogen) atoms. The van der Waals surface area contributed by atoms with Crippen LogP contribution in [0.3, 0.4) is 0 Å². The Kier molecular flexibility index (Phi) is 1.82. The van der Waals surface area contributed by atoms with Crippen molar-refractivity contribution in [3.8, 4) is 5.75 Å². The minimum atomic E-state index is -2.95. The van der Waals surface area contributed by atoms with Crippen LogP contribution in [0.15, 0.2) is 18.2 Å². The van der Waals surface area contributed by atoms with Crippen LogP contribution in [0.25, 0.3) is 0 Å². The molecule has 4 rings (SSSR count). The van der Waals surface area contributed by atoms with E-state index in [1.165, 1.54) is 6.07 Å². The lowest BCUT2D eigenvalue weighted by molar-refractivity contribution is -0.0505. The van der Waals surface area contributed by atoms with E-state index >= 15 is 0 Å². The molecule has 0 aromatic heterocycles. The fraction of sp³-hybridized carbons (Fsp3) is 0.667. The lowest BCUT2D eigenvalue weighted by Gasteiger charge is -2.49. The van der Waals surface area contributed by atoms with Gasteiger partial charge in [-0.15, -0.1) is 0 Å². The van der Waals surface area contributed by atoms with E-state index in [2.05, 4.69) is 0 Å². The molecular formula is C18H24O3. The lowest BCUT2D eigenvalue weighted by atomic mass is 9.55. The number of aromatic hydroxyl groups is 1. The molecule has 1 aromatic rings. The van der Waals surface area contributed by atoms with E-state index in [0.29, 0.717) is 24.8 Å². The molecule has 6 atom stereocenters. The lowest BCUT2D eigenvalue weighted by Crippen LogP contribution is -2.44. The number of benzene rings is 1. The van der Waals surface area contributed by atoms with Gasteiger partial charge in [-0.05, 0) is 78.4 Å². The van der Waals surface area contributed by atoms with Gasteiger partial charge >= 0.3 is 0 Å². The molecule has 0 bridgehead atoms. The topological polar surface area (TPSA) is 60.7 Å². The monoisotopic (exact) mass is 294 g/mol. The van der Waals surface area contributed by atoms with Gasteiger partial charge < -0.3 is 15.3 Å². The third-order valence-electron chi connectivity index (χ3n) is 5.77. The highest BCUT2D eigenvalue weighted by Gasteiger charge is 2.57. The van der Waals surface area contributed by atoms with Gasteiger partial charge in [0.1, 0.15) is 5.75 Å². The van der Waals surface area contributed by atoms with Crippen LogP contribution in [0.4, 0.5) is 0 Å². The molecule has 1 aromatic carbocycles. The predicted molar refractivity (Wildman–Crippen MR) is 80.1 cm³/mol. The minimum absolute atomic E-state index is 0.0623. The molecule has 3 N–H and O–H groups in total. The normalized spacial score (nSPS) is 58.3. The first kappa shape index (κ1) is 8.54. The number of hydrogen-bond donors (Lipinski definition) is 3. The number of fused-ring (bicyclic) bond motifs is 5. The van der Waals surface area contributed by atoms with Gasteiger partial charge in [-0.3, -0.25) is 0 Å². The second-order valence-corrected chi connectivity index (χ2v) is 6.78. The van der Waals surface area contributed by atoms with Gasteiger partial charge in [0.2, 0.25) is 0 Å². The highest BCUT2D eigenvalue weighted by atomic mass is 16.3. The van der Waals surface area contributed by atoms with Crippen molar-refractivity contribution in [3.05, 3.63) is 29.3 Å². The quantitative estimate of drug-likeness (QED) is 0.689. The van der Waals surface area contributed by atoms with Crippen LogP contribution in [0.2, 0.25) is 0 Å². The summed E-state index contributed by atoms with van der Waals surface area (Å²) < 4.78 is 49.4. The van der Waals surface area contributed by atoms with Crippen molar-refractivity contribution in [2.24, 2.45) is 17.3 Å². The highest BCUT2D eigenvalue weighted by Crippen LogP contribution is 2.60. The van der Waals surface area contributed by atoms with Crippen molar-refractivity contribution < 1.29 is 23.5 Å². The molecule has 0 unspecified atom stereocenters. The van der Waals surface area contributed by atoms with Crippen LogP contribution >= 0.6 is 0 Å². The van der Waals surface area contributed by atoms with E-state index in [4.69, 9.17) is 8.22 Å². The Balaban J connectivity index is 1.87. The summed E-state index contributed by atoms with van der Waals surface area (Å²) in [6.07, 6.45) is -6.43. The zero-order valence-corrected chi connectivity index (χ0v) is 12.0. The first-order valence-electron chi connectivity index (χ1n) is 10.6. The molecule has 3 aliphatic rings. The zero-order chi connectivity index (χ0) is 20.2. The minimum Gasteiger partial charge on any atom is -0.508 e. The van der Waals surface area contributed by atoms with Gasteiger partial charge in [0.15, 0.2) is 0 Å².